The molecule has 0 spiro atoms. The molecule has 0 heterocycles. The Morgan fingerprint density at radius 1 is 1.47 bits per heavy atom. The van der Waals surface area contributed by atoms with Gasteiger partial charge in [0, 0.05) is 14.2 Å². The fourth-order valence-corrected chi connectivity index (χ4v) is 1.96. The Morgan fingerprint density at radius 3 is 2.68 bits per heavy atom. The van der Waals surface area contributed by atoms with Gasteiger partial charge in [-0.1, -0.05) is 6.07 Å². The lowest BCUT2D eigenvalue weighted by molar-refractivity contribution is -0.151. The Kier molecular flexibility index (Phi) is 5.18. The Bertz CT molecular complexity index is 448. The molecular weight excluding hydrogens is 244 g/mol. The number of esters is 1. The maximum absolute atomic E-state index is 12.2. The summed E-state index contributed by atoms with van der Waals surface area (Å²) in [4.78, 5) is 12.2. The van der Waals surface area contributed by atoms with Crippen molar-refractivity contribution < 1.29 is 14.3 Å². The maximum atomic E-state index is 12.2. The summed E-state index contributed by atoms with van der Waals surface area (Å²) in [6.07, 6.45) is 0. The van der Waals surface area contributed by atoms with Crippen LogP contribution in [0.15, 0.2) is 18.2 Å². The fraction of sp³-hybridized carbons (Fsp3) is 0.500. The molecule has 0 radical (unpaired) electrons. The Balaban J connectivity index is 3.21. The molecule has 5 heteroatoms. The van der Waals surface area contributed by atoms with Crippen molar-refractivity contribution >= 4 is 17.3 Å². The molecule has 0 amide bonds. The van der Waals surface area contributed by atoms with Crippen LogP contribution in [0.4, 0.5) is 11.4 Å². The number of carbonyl (C=O) groups is 1. The van der Waals surface area contributed by atoms with Gasteiger partial charge in [0.2, 0.25) is 0 Å². The number of rotatable bonds is 6. The Labute approximate surface area is 114 Å². The molecule has 0 saturated carbocycles. The van der Waals surface area contributed by atoms with Crippen LogP contribution in [-0.2, 0) is 19.7 Å². The van der Waals surface area contributed by atoms with Crippen LogP contribution in [0.5, 0.6) is 0 Å². The molecule has 1 rings (SSSR count). The molecule has 0 aliphatic rings. The first-order valence-corrected chi connectivity index (χ1v) is 6.23. The van der Waals surface area contributed by atoms with Gasteiger partial charge in [0.25, 0.3) is 0 Å². The van der Waals surface area contributed by atoms with Crippen LogP contribution in [0, 0.1) is 0 Å². The molecule has 0 aromatic heterocycles. The number of hydrogen-bond acceptors (Lipinski definition) is 5. The van der Waals surface area contributed by atoms with Crippen LogP contribution < -0.4 is 11.1 Å². The second-order valence-electron chi connectivity index (χ2n) is 4.54. The molecule has 0 saturated heterocycles. The first-order chi connectivity index (χ1) is 8.99. The summed E-state index contributed by atoms with van der Waals surface area (Å²) >= 11 is 0. The SMILES string of the molecule is CCOC(=O)C(C)(COC)c1ccc(N)c(NC)c1. The topological polar surface area (TPSA) is 73.6 Å². The van der Waals surface area contributed by atoms with E-state index in [0.717, 1.165) is 11.3 Å². The highest BCUT2D eigenvalue weighted by Gasteiger charge is 2.37. The molecule has 0 aliphatic carbocycles. The molecule has 0 aliphatic heterocycles. The summed E-state index contributed by atoms with van der Waals surface area (Å²) in [6.45, 7) is 4.18. The number of anilines is 2. The summed E-state index contributed by atoms with van der Waals surface area (Å²) in [6, 6.07) is 5.45. The smallest absolute Gasteiger partial charge is 0.318 e. The number of nitrogen functional groups attached to an aromatic ring is 1. The van der Waals surface area contributed by atoms with Crippen molar-refractivity contribution in [1.29, 1.82) is 0 Å². The van der Waals surface area contributed by atoms with Gasteiger partial charge < -0.3 is 20.5 Å². The lowest BCUT2D eigenvalue weighted by Gasteiger charge is -2.27. The van der Waals surface area contributed by atoms with Gasteiger partial charge in [0.15, 0.2) is 0 Å². The molecule has 0 fully saturated rings. The molecule has 1 atom stereocenters. The average Bonchev–Trinajstić information content (AvgIpc) is 2.39. The predicted octanol–water partition coefficient (Wildman–Crippen LogP) is 1.78. The van der Waals surface area contributed by atoms with Crippen molar-refractivity contribution in [3.05, 3.63) is 23.8 Å². The monoisotopic (exact) mass is 266 g/mol. The largest absolute Gasteiger partial charge is 0.465 e. The summed E-state index contributed by atoms with van der Waals surface area (Å²) in [5.74, 6) is -0.302. The van der Waals surface area contributed by atoms with Gasteiger partial charge in [-0.05, 0) is 31.5 Å². The zero-order chi connectivity index (χ0) is 14.5. The van der Waals surface area contributed by atoms with E-state index in [1.807, 2.05) is 12.1 Å². The van der Waals surface area contributed by atoms with Crippen LogP contribution in [0.25, 0.3) is 0 Å². The van der Waals surface area contributed by atoms with Gasteiger partial charge in [0.05, 0.1) is 24.6 Å². The zero-order valence-electron chi connectivity index (χ0n) is 11.9. The van der Waals surface area contributed by atoms with E-state index in [9.17, 15) is 4.79 Å². The third-order valence-electron chi connectivity index (χ3n) is 3.12. The normalized spacial score (nSPS) is 13.7. The number of methoxy groups -OCH3 is 1. The quantitative estimate of drug-likeness (QED) is 0.606. The molecular formula is C14H22N2O3. The Morgan fingerprint density at radius 2 is 2.16 bits per heavy atom. The molecule has 1 unspecified atom stereocenters. The molecule has 106 valence electrons. The van der Waals surface area contributed by atoms with E-state index >= 15 is 0 Å². The first-order valence-electron chi connectivity index (χ1n) is 6.23. The van der Waals surface area contributed by atoms with Crippen molar-refractivity contribution in [3.8, 4) is 0 Å². The van der Waals surface area contributed by atoms with E-state index in [0.29, 0.717) is 12.3 Å². The summed E-state index contributed by atoms with van der Waals surface area (Å²) in [5, 5.41) is 3.00. The van der Waals surface area contributed by atoms with Crippen molar-refractivity contribution in [2.24, 2.45) is 0 Å². The lowest BCUT2D eigenvalue weighted by Crippen LogP contribution is -2.38. The standard InChI is InChI=1S/C14H22N2O3/c1-5-19-13(17)14(2,9-18-4)10-6-7-11(15)12(8-10)16-3/h6-8,16H,5,9,15H2,1-4H3. The average molecular weight is 266 g/mol. The maximum Gasteiger partial charge on any atom is 0.318 e. The Hall–Kier alpha value is -1.75. The van der Waals surface area contributed by atoms with E-state index in [1.165, 1.54) is 0 Å². The van der Waals surface area contributed by atoms with Crippen molar-refractivity contribution in [3.63, 3.8) is 0 Å². The van der Waals surface area contributed by atoms with Gasteiger partial charge in [-0.25, -0.2) is 0 Å². The number of ether oxygens (including phenoxy) is 2. The molecule has 3 N–H and O–H groups in total. The van der Waals surface area contributed by atoms with E-state index in [2.05, 4.69) is 5.32 Å². The van der Waals surface area contributed by atoms with Crippen LogP contribution in [0.3, 0.4) is 0 Å². The molecule has 0 bridgehead atoms. The van der Waals surface area contributed by atoms with Crippen LogP contribution in [-0.4, -0.2) is 33.3 Å². The van der Waals surface area contributed by atoms with Crippen molar-refractivity contribution in [1.82, 2.24) is 0 Å². The van der Waals surface area contributed by atoms with Crippen LogP contribution >= 0.6 is 0 Å². The van der Waals surface area contributed by atoms with E-state index in [4.69, 9.17) is 15.2 Å². The summed E-state index contributed by atoms with van der Waals surface area (Å²) < 4.78 is 10.3. The van der Waals surface area contributed by atoms with Crippen LogP contribution in [0.2, 0.25) is 0 Å². The van der Waals surface area contributed by atoms with Gasteiger partial charge in [-0.3, -0.25) is 4.79 Å². The molecule has 1 aromatic rings. The van der Waals surface area contributed by atoms with Gasteiger partial charge in [0.1, 0.15) is 5.41 Å². The van der Waals surface area contributed by atoms with Gasteiger partial charge >= 0.3 is 5.97 Å². The fourth-order valence-electron chi connectivity index (χ4n) is 1.96. The highest BCUT2D eigenvalue weighted by Crippen LogP contribution is 2.30. The molecule has 1 aromatic carbocycles. The number of benzene rings is 1. The second-order valence-corrected chi connectivity index (χ2v) is 4.54. The molecule has 5 nitrogen and oxygen atoms in total. The number of nitrogens with two attached hydrogens (primary N) is 1. The highest BCUT2D eigenvalue weighted by molar-refractivity contribution is 5.84. The highest BCUT2D eigenvalue weighted by atomic mass is 16.5. The van der Waals surface area contributed by atoms with Gasteiger partial charge in [-0.2, -0.15) is 0 Å². The first kappa shape index (κ1) is 15.3. The minimum absolute atomic E-state index is 0.249. The minimum Gasteiger partial charge on any atom is -0.465 e. The van der Waals surface area contributed by atoms with E-state index < -0.39 is 5.41 Å². The third-order valence-corrected chi connectivity index (χ3v) is 3.12. The third kappa shape index (κ3) is 3.17. The van der Waals surface area contributed by atoms with Gasteiger partial charge in [-0.15, -0.1) is 0 Å². The van der Waals surface area contributed by atoms with Crippen molar-refractivity contribution in [2.45, 2.75) is 19.3 Å². The zero-order valence-corrected chi connectivity index (χ0v) is 11.9. The van der Waals surface area contributed by atoms with E-state index in [1.54, 1.807) is 34.1 Å². The second kappa shape index (κ2) is 6.43. The lowest BCUT2D eigenvalue weighted by atomic mass is 9.83. The van der Waals surface area contributed by atoms with Crippen molar-refractivity contribution in [2.75, 3.05) is 38.4 Å². The number of hydrogen-bond donors (Lipinski definition) is 2. The minimum atomic E-state index is -0.843. The van der Waals surface area contributed by atoms with Crippen LogP contribution in [0.1, 0.15) is 19.4 Å². The number of carbonyl (C=O) groups excluding carboxylic acids is 1. The summed E-state index contributed by atoms with van der Waals surface area (Å²) in [7, 11) is 3.35. The number of nitrogens with one attached hydrogen (secondary N) is 1. The predicted molar refractivity (Wildman–Crippen MR) is 76.3 cm³/mol. The molecule has 19 heavy (non-hydrogen) atoms. The van der Waals surface area contributed by atoms with E-state index in [-0.39, 0.29) is 12.6 Å². The summed E-state index contributed by atoms with van der Waals surface area (Å²) in [5.41, 5.74) is 7.23.